The largest absolute Gasteiger partial charge is 0.494 e. The van der Waals surface area contributed by atoms with E-state index in [1.807, 2.05) is 0 Å². The minimum absolute atomic E-state index is 0.0184. The third-order valence-electron chi connectivity index (χ3n) is 2.70. The van der Waals surface area contributed by atoms with E-state index < -0.39 is 15.8 Å². The van der Waals surface area contributed by atoms with Crippen molar-refractivity contribution in [1.82, 2.24) is 4.98 Å². The molecule has 112 valence electrons. The van der Waals surface area contributed by atoms with Crippen molar-refractivity contribution >= 4 is 31.6 Å². The quantitative estimate of drug-likeness (QED) is 0.834. The topological polar surface area (TPSA) is 68.3 Å². The van der Waals surface area contributed by atoms with E-state index in [0.29, 0.717) is 10.3 Å². The molecule has 2 rings (SSSR count). The second-order valence-electron chi connectivity index (χ2n) is 4.23. The van der Waals surface area contributed by atoms with Crippen molar-refractivity contribution in [2.45, 2.75) is 11.8 Å². The van der Waals surface area contributed by atoms with Crippen molar-refractivity contribution in [3.63, 3.8) is 0 Å². The van der Waals surface area contributed by atoms with Gasteiger partial charge < -0.3 is 4.74 Å². The lowest BCUT2D eigenvalue weighted by atomic mass is 10.3. The summed E-state index contributed by atoms with van der Waals surface area (Å²) in [6.45, 7) is 1.78. The van der Waals surface area contributed by atoms with E-state index in [9.17, 15) is 12.8 Å². The van der Waals surface area contributed by atoms with Gasteiger partial charge in [-0.25, -0.2) is 17.8 Å². The second kappa shape index (κ2) is 5.98. The van der Waals surface area contributed by atoms with Crippen LogP contribution in [0.4, 0.5) is 10.1 Å². The molecule has 0 bridgehead atoms. The molecule has 0 unspecified atom stereocenters. The van der Waals surface area contributed by atoms with Crippen LogP contribution in [0.3, 0.4) is 0 Å². The van der Waals surface area contributed by atoms with E-state index in [4.69, 9.17) is 4.74 Å². The Labute approximate surface area is 130 Å². The second-order valence-corrected chi connectivity index (χ2v) is 6.67. The minimum atomic E-state index is -3.89. The highest BCUT2D eigenvalue weighted by Crippen LogP contribution is 2.23. The lowest BCUT2D eigenvalue weighted by Crippen LogP contribution is -2.13. The van der Waals surface area contributed by atoms with Crippen LogP contribution in [0, 0.1) is 12.7 Å². The molecule has 5 nitrogen and oxygen atoms in total. The number of methoxy groups -OCH3 is 1. The normalized spacial score (nSPS) is 11.2. The molecule has 0 atom stereocenters. The highest BCUT2D eigenvalue weighted by Gasteiger charge is 2.17. The first kappa shape index (κ1) is 15.7. The number of nitrogens with one attached hydrogen (secondary N) is 1. The summed E-state index contributed by atoms with van der Waals surface area (Å²) in [6.07, 6.45) is 1.37. The minimum Gasteiger partial charge on any atom is -0.494 e. The lowest BCUT2D eigenvalue weighted by molar-refractivity contribution is 0.385. The van der Waals surface area contributed by atoms with E-state index in [-0.39, 0.29) is 10.6 Å². The molecular formula is C13H12BrFN2O3S. The fraction of sp³-hybridized carbons (Fsp3) is 0.154. The molecule has 0 saturated heterocycles. The Morgan fingerprint density at radius 1 is 1.33 bits per heavy atom. The van der Waals surface area contributed by atoms with E-state index in [2.05, 4.69) is 25.6 Å². The number of aromatic nitrogens is 1. The summed E-state index contributed by atoms with van der Waals surface area (Å²) in [5, 5.41) is 0. The third kappa shape index (κ3) is 3.51. The monoisotopic (exact) mass is 374 g/mol. The van der Waals surface area contributed by atoms with Gasteiger partial charge in [0.15, 0.2) is 11.6 Å². The van der Waals surface area contributed by atoms with Gasteiger partial charge in [-0.1, -0.05) is 0 Å². The molecule has 1 aromatic heterocycles. The van der Waals surface area contributed by atoms with Gasteiger partial charge in [-0.15, -0.1) is 0 Å². The van der Waals surface area contributed by atoms with Crippen molar-refractivity contribution in [3.8, 4) is 5.75 Å². The van der Waals surface area contributed by atoms with Crippen molar-refractivity contribution in [2.75, 3.05) is 11.8 Å². The Bertz CT molecular complexity index is 781. The molecule has 0 saturated carbocycles. The molecule has 1 heterocycles. The highest BCUT2D eigenvalue weighted by molar-refractivity contribution is 9.10. The average Bonchev–Trinajstić information content (AvgIpc) is 2.42. The van der Waals surface area contributed by atoms with Gasteiger partial charge in [-0.05, 0) is 52.7 Å². The predicted octanol–water partition coefficient (Wildman–Crippen LogP) is 3.10. The van der Waals surface area contributed by atoms with Gasteiger partial charge in [-0.3, -0.25) is 4.72 Å². The summed E-state index contributed by atoms with van der Waals surface area (Å²) in [5.41, 5.74) is 1.07. The highest BCUT2D eigenvalue weighted by atomic mass is 79.9. The number of halogens is 2. The third-order valence-corrected chi connectivity index (χ3v) is 4.91. The van der Waals surface area contributed by atoms with Crippen molar-refractivity contribution in [3.05, 3.63) is 46.4 Å². The van der Waals surface area contributed by atoms with Gasteiger partial charge >= 0.3 is 0 Å². The first-order valence-corrected chi connectivity index (χ1v) is 8.09. The van der Waals surface area contributed by atoms with Crippen LogP contribution in [0.2, 0.25) is 0 Å². The van der Waals surface area contributed by atoms with Gasteiger partial charge in [0, 0.05) is 0 Å². The summed E-state index contributed by atoms with van der Waals surface area (Å²) >= 11 is 3.23. The van der Waals surface area contributed by atoms with Gasteiger partial charge in [0.05, 0.1) is 23.9 Å². The summed E-state index contributed by atoms with van der Waals surface area (Å²) in [5.74, 6) is -0.763. The summed E-state index contributed by atoms with van der Waals surface area (Å²) in [4.78, 5) is 3.80. The van der Waals surface area contributed by atoms with Crippen LogP contribution < -0.4 is 9.46 Å². The lowest BCUT2D eigenvalue weighted by Gasteiger charge is -2.10. The first-order valence-electron chi connectivity index (χ1n) is 5.82. The molecule has 1 N–H and O–H groups in total. The van der Waals surface area contributed by atoms with E-state index in [0.717, 1.165) is 11.6 Å². The number of hydrogen-bond donors (Lipinski definition) is 1. The molecular weight excluding hydrogens is 363 g/mol. The number of pyridine rings is 1. The molecule has 0 aliphatic heterocycles. The first-order chi connectivity index (χ1) is 9.83. The number of nitrogens with zero attached hydrogens (tertiary/aromatic N) is 1. The molecule has 2 aromatic rings. The molecule has 0 aliphatic rings. The van der Waals surface area contributed by atoms with Gasteiger partial charge in [-0.2, -0.15) is 0 Å². The zero-order chi connectivity index (χ0) is 15.6. The van der Waals surface area contributed by atoms with E-state index in [1.165, 1.54) is 25.4 Å². The number of sulfonamides is 1. The molecule has 0 fully saturated rings. The van der Waals surface area contributed by atoms with E-state index >= 15 is 0 Å². The number of hydrogen-bond acceptors (Lipinski definition) is 4. The van der Waals surface area contributed by atoms with Gasteiger partial charge in [0.25, 0.3) is 10.0 Å². The summed E-state index contributed by atoms with van der Waals surface area (Å²) < 4.78 is 45.7. The Balaban J connectivity index is 2.33. The van der Waals surface area contributed by atoms with Crippen molar-refractivity contribution < 1.29 is 17.5 Å². The van der Waals surface area contributed by atoms with Crippen molar-refractivity contribution in [2.24, 2.45) is 0 Å². The summed E-state index contributed by atoms with van der Waals surface area (Å²) in [6, 6.07) is 5.05. The number of ether oxygens (including phenoxy) is 1. The number of aryl methyl sites for hydroxylation is 1. The molecule has 1 aromatic carbocycles. The Morgan fingerprint density at radius 3 is 2.62 bits per heavy atom. The van der Waals surface area contributed by atoms with Gasteiger partial charge in [0.2, 0.25) is 0 Å². The number of rotatable bonds is 4. The molecule has 8 heteroatoms. The fourth-order valence-corrected chi connectivity index (χ4v) is 2.90. The molecule has 21 heavy (non-hydrogen) atoms. The molecule has 0 aliphatic carbocycles. The zero-order valence-corrected chi connectivity index (χ0v) is 13.6. The van der Waals surface area contributed by atoms with Crippen LogP contribution in [-0.4, -0.2) is 20.5 Å². The SMILES string of the molecule is COc1ccc(S(=O)(=O)Nc2cnc(Br)c(C)c2)cc1F. The molecule has 0 radical (unpaired) electrons. The van der Waals surface area contributed by atoms with Crippen LogP contribution in [0.15, 0.2) is 40.0 Å². The number of benzene rings is 1. The van der Waals surface area contributed by atoms with E-state index in [1.54, 1.807) is 13.0 Å². The molecule has 0 spiro atoms. The van der Waals surface area contributed by atoms with Crippen LogP contribution in [0.5, 0.6) is 5.75 Å². The summed E-state index contributed by atoms with van der Waals surface area (Å²) in [7, 11) is -2.58. The Morgan fingerprint density at radius 2 is 2.05 bits per heavy atom. The van der Waals surface area contributed by atoms with Crippen LogP contribution in [0.25, 0.3) is 0 Å². The van der Waals surface area contributed by atoms with Crippen LogP contribution in [0.1, 0.15) is 5.56 Å². The van der Waals surface area contributed by atoms with Crippen LogP contribution >= 0.6 is 15.9 Å². The maximum absolute atomic E-state index is 13.6. The maximum atomic E-state index is 13.6. The molecule has 0 amide bonds. The average molecular weight is 375 g/mol. The number of anilines is 1. The van der Waals surface area contributed by atoms with Gasteiger partial charge in [0.1, 0.15) is 4.60 Å². The Hall–Kier alpha value is -1.67. The fourth-order valence-electron chi connectivity index (χ4n) is 1.64. The smallest absolute Gasteiger partial charge is 0.262 e. The standard InChI is InChI=1S/C13H12BrFN2O3S/c1-8-5-9(7-16-13(8)14)17-21(18,19)10-3-4-12(20-2)11(15)6-10/h3-7,17H,1-2H3. The van der Waals surface area contributed by atoms with Crippen LogP contribution in [-0.2, 0) is 10.0 Å². The predicted molar refractivity (Wildman–Crippen MR) is 80.4 cm³/mol. The van der Waals surface area contributed by atoms with Crippen molar-refractivity contribution in [1.29, 1.82) is 0 Å². The maximum Gasteiger partial charge on any atom is 0.262 e. The Kier molecular flexibility index (Phi) is 4.48. The zero-order valence-electron chi connectivity index (χ0n) is 11.2.